The minimum atomic E-state index is -0.498. The van der Waals surface area contributed by atoms with Crippen LogP contribution in [0, 0.1) is 0 Å². The van der Waals surface area contributed by atoms with E-state index in [0.717, 1.165) is 22.3 Å². The van der Waals surface area contributed by atoms with Crippen LogP contribution in [0.3, 0.4) is 0 Å². The number of aromatic nitrogens is 3. The maximum Gasteiger partial charge on any atom is 0.329 e. The first kappa shape index (κ1) is 18.2. The first-order chi connectivity index (χ1) is 13.7. The Balaban J connectivity index is 1.47. The number of ether oxygens (including phenoxy) is 1. The molecule has 28 heavy (non-hydrogen) atoms. The molecule has 8 heteroatoms. The summed E-state index contributed by atoms with van der Waals surface area (Å²) in [6.07, 6.45) is 2.30. The predicted molar refractivity (Wildman–Crippen MR) is 106 cm³/mol. The maximum atomic E-state index is 12.7. The summed E-state index contributed by atoms with van der Waals surface area (Å²) in [7, 11) is 0. The number of aryl methyl sites for hydroxylation is 1. The molecule has 0 unspecified atom stereocenters. The molecule has 0 atom stereocenters. The van der Waals surface area contributed by atoms with Gasteiger partial charge >= 0.3 is 11.7 Å². The van der Waals surface area contributed by atoms with Gasteiger partial charge in [-0.05, 0) is 30.0 Å². The Labute approximate surface area is 164 Å². The van der Waals surface area contributed by atoms with Gasteiger partial charge in [-0.3, -0.25) is 13.9 Å². The van der Waals surface area contributed by atoms with Gasteiger partial charge in [-0.15, -0.1) is 11.3 Å². The molecule has 3 heterocycles. The van der Waals surface area contributed by atoms with Crippen molar-refractivity contribution >= 4 is 28.3 Å². The Kier molecular flexibility index (Phi) is 5.12. The van der Waals surface area contributed by atoms with Crippen molar-refractivity contribution in [2.45, 2.75) is 33.0 Å². The van der Waals surface area contributed by atoms with Crippen LogP contribution in [-0.4, -0.2) is 20.1 Å². The number of fused-ring (bicyclic) bond motifs is 1. The lowest BCUT2D eigenvalue weighted by Crippen LogP contribution is -2.27. The van der Waals surface area contributed by atoms with Gasteiger partial charge in [0.15, 0.2) is 0 Å². The van der Waals surface area contributed by atoms with Gasteiger partial charge in [0.2, 0.25) is 5.89 Å². The largest absolute Gasteiger partial charge is 0.458 e. The van der Waals surface area contributed by atoms with Crippen LogP contribution in [0.5, 0.6) is 0 Å². The highest BCUT2D eigenvalue weighted by molar-refractivity contribution is 7.13. The first-order valence-corrected chi connectivity index (χ1v) is 9.87. The molecule has 3 aromatic heterocycles. The molecule has 1 aromatic carbocycles. The molecular formula is C20H19N3O4S. The molecular weight excluding hydrogens is 378 g/mol. The molecule has 4 aromatic rings. The summed E-state index contributed by atoms with van der Waals surface area (Å²) >= 11 is 1.52. The van der Waals surface area contributed by atoms with Gasteiger partial charge in [0.05, 0.1) is 15.9 Å². The van der Waals surface area contributed by atoms with Gasteiger partial charge in [-0.1, -0.05) is 25.1 Å². The summed E-state index contributed by atoms with van der Waals surface area (Å²) in [6.45, 7) is 2.46. The zero-order chi connectivity index (χ0) is 19.5. The van der Waals surface area contributed by atoms with E-state index < -0.39 is 5.97 Å². The summed E-state index contributed by atoms with van der Waals surface area (Å²) in [6, 6.07) is 11.3. The number of thiophene rings is 1. The standard InChI is InChI=1S/C20H19N3O4S/c1-2-9-22-15-6-3-4-7-16(15)23(20(22)25)11-18(24)26-12-14-13-27-19(21-14)17-8-5-10-28-17/h3-8,10,13H,2,9,11-12H2,1H3. The molecule has 0 N–H and O–H groups in total. The number of hydrogen-bond acceptors (Lipinski definition) is 6. The number of esters is 1. The highest BCUT2D eigenvalue weighted by atomic mass is 32.1. The van der Waals surface area contributed by atoms with Crippen LogP contribution in [0.4, 0.5) is 0 Å². The summed E-state index contributed by atoms with van der Waals surface area (Å²) in [5.41, 5.74) is 1.86. The summed E-state index contributed by atoms with van der Waals surface area (Å²) in [5, 5.41) is 1.94. The van der Waals surface area contributed by atoms with Crippen molar-refractivity contribution in [3.63, 3.8) is 0 Å². The fourth-order valence-electron chi connectivity index (χ4n) is 3.08. The molecule has 0 bridgehead atoms. The Morgan fingerprint density at radius 3 is 2.68 bits per heavy atom. The quantitative estimate of drug-likeness (QED) is 0.445. The van der Waals surface area contributed by atoms with Crippen molar-refractivity contribution in [3.8, 4) is 10.8 Å². The highest BCUT2D eigenvalue weighted by Crippen LogP contribution is 2.23. The number of para-hydroxylation sites is 2. The van der Waals surface area contributed by atoms with Crippen LogP contribution < -0.4 is 5.69 Å². The van der Waals surface area contributed by atoms with Crippen molar-refractivity contribution in [2.75, 3.05) is 0 Å². The number of imidazole rings is 1. The minimum Gasteiger partial charge on any atom is -0.458 e. The van der Waals surface area contributed by atoms with Gasteiger partial charge in [-0.2, -0.15) is 0 Å². The van der Waals surface area contributed by atoms with Gasteiger partial charge in [-0.25, -0.2) is 9.78 Å². The Hall–Kier alpha value is -3.13. The van der Waals surface area contributed by atoms with Crippen LogP contribution in [-0.2, 0) is 29.2 Å². The Bertz CT molecular complexity index is 1150. The van der Waals surface area contributed by atoms with Crippen molar-refractivity contribution in [1.29, 1.82) is 0 Å². The minimum absolute atomic E-state index is 0.00391. The van der Waals surface area contributed by atoms with Gasteiger partial charge in [0, 0.05) is 6.54 Å². The number of hydrogen-bond donors (Lipinski definition) is 0. The Morgan fingerprint density at radius 1 is 1.18 bits per heavy atom. The van der Waals surface area contributed by atoms with Crippen molar-refractivity contribution in [1.82, 2.24) is 14.1 Å². The Morgan fingerprint density at radius 2 is 1.96 bits per heavy atom. The summed E-state index contributed by atoms with van der Waals surface area (Å²) in [4.78, 5) is 30.3. The fourth-order valence-corrected chi connectivity index (χ4v) is 3.74. The molecule has 0 spiro atoms. The maximum absolute atomic E-state index is 12.7. The average Bonchev–Trinajstić information content (AvgIpc) is 3.43. The summed E-state index contributed by atoms with van der Waals surface area (Å²) < 4.78 is 13.9. The van der Waals surface area contributed by atoms with E-state index in [4.69, 9.17) is 9.15 Å². The lowest BCUT2D eigenvalue weighted by atomic mass is 10.3. The second kappa shape index (κ2) is 7.85. The van der Waals surface area contributed by atoms with Crippen molar-refractivity contribution in [3.05, 3.63) is 64.2 Å². The number of benzene rings is 1. The normalized spacial score (nSPS) is 11.2. The van der Waals surface area contributed by atoms with E-state index >= 15 is 0 Å². The molecule has 0 saturated carbocycles. The number of carbonyl (C=O) groups excluding carboxylic acids is 1. The van der Waals surface area contributed by atoms with E-state index in [9.17, 15) is 9.59 Å². The fraction of sp³-hybridized carbons (Fsp3) is 0.250. The molecule has 0 radical (unpaired) electrons. The van der Waals surface area contributed by atoms with E-state index in [-0.39, 0.29) is 18.8 Å². The van der Waals surface area contributed by atoms with E-state index in [1.807, 2.05) is 48.7 Å². The lowest BCUT2D eigenvalue weighted by molar-refractivity contribution is -0.145. The second-order valence-electron chi connectivity index (χ2n) is 6.29. The van der Waals surface area contributed by atoms with E-state index in [1.54, 1.807) is 4.57 Å². The van der Waals surface area contributed by atoms with Gasteiger partial charge in [0.25, 0.3) is 0 Å². The monoisotopic (exact) mass is 397 g/mol. The lowest BCUT2D eigenvalue weighted by Gasteiger charge is -2.04. The molecule has 0 aliphatic rings. The van der Waals surface area contributed by atoms with Crippen LogP contribution >= 0.6 is 11.3 Å². The third-order valence-corrected chi connectivity index (χ3v) is 5.18. The van der Waals surface area contributed by atoms with E-state index in [2.05, 4.69) is 4.98 Å². The predicted octanol–water partition coefficient (Wildman–Crippen LogP) is 3.67. The number of nitrogens with zero attached hydrogens (tertiary/aromatic N) is 3. The van der Waals surface area contributed by atoms with E-state index in [0.29, 0.717) is 18.1 Å². The van der Waals surface area contributed by atoms with Crippen LogP contribution in [0.15, 0.2) is 57.3 Å². The number of oxazole rings is 1. The van der Waals surface area contributed by atoms with Gasteiger partial charge in [0.1, 0.15) is 25.1 Å². The molecule has 0 aliphatic heterocycles. The van der Waals surface area contributed by atoms with Crippen molar-refractivity contribution in [2.24, 2.45) is 0 Å². The van der Waals surface area contributed by atoms with E-state index in [1.165, 1.54) is 22.2 Å². The average molecular weight is 397 g/mol. The molecule has 7 nitrogen and oxygen atoms in total. The summed E-state index contributed by atoms with van der Waals surface area (Å²) in [5.74, 6) is 0.00193. The molecule has 4 rings (SSSR count). The number of rotatable bonds is 7. The topological polar surface area (TPSA) is 79.3 Å². The smallest absolute Gasteiger partial charge is 0.329 e. The van der Waals surface area contributed by atoms with Crippen LogP contribution in [0.25, 0.3) is 21.8 Å². The third kappa shape index (κ3) is 3.50. The first-order valence-electron chi connectivity index (χ1n) is 8.99. The molecule has 144 valence electrons. The molecule has 0 saturated heterocycles. The molecule has 0 amide bonds. The van der Waals surface area contributed by atoms with Crippen LogP contribution in [0.2, 0.25) is 0 Å². The molecule has 0 aliphatic carbocycles. The zero-order valence-electron chi connectivity index (χ0n) is 15.3. The second-order valence-corrected chi connectivity index (χ2v) is 7.24. The SMILES string of the molecule is CCCn1c(=O)n(CC(=O)OCc2coc(-c3cccs3)n2)c2ccccc21. The zero-order valence-corrected chi connectivity index (χ0v) is 16.1. The highest BCUT2D eigenvalue weighted by Gasteiger charge is 2.16. The van der Waals surface area contributed by atoms with Gasteiger partial charge < -0.3 is 9.15 Å². The third-order valence-electron chi connectivity index (χ3n) is 4.32. The van der Waals surface area contributed by atoms with Crippen LogP contribution in [0.1, 0.15) is 19.0 Å². The molecule has 0 fully saturated rings. The number of carbonyl (C=O) groups is 1. The van der Waals surface area contributed by atoms with Crippen molar-refractivity contribution < 1.29 is 13.9 Å².